The molecule has 1 aliphatic rings. The van der Waals surface area contributed by atoms with Crippen LogP contribution in [0.5, 0.6) is 17.2 Å². The molecule has 2 heterocycles. The second kappa shape index (κ2) is 7.67. The van der Waals surface area contributed by atoms with Gasteiger partial charge in [-0.25, -0.2) is 4.98 Å². The average Bonchev–Trinajstić information content (AvgIpc) is 3.35. The Morgan fingerprint density at radius 3 is 2.96 bits per heavy atom. The predicted molar refractivity (Wildman–Crippen MR) is 104 cm³/mol. The molecule has 2 aromatic carbocycles. The van der Waals surface area contributed by atoms with Crippen molar-refractivity contribution in [1.82, 2.24) is 4.98 Å². The van der Waals surface area contributed by atoms with E-state index in [1.54, 1.807) is 36.6 Å². The first-order valence-electron chi connectivity index (χ1n) is 8.50. The Morgan fingerprint density at radius 2 is 2.07 bits per heavy atom. The van der Waals surface area contributed by atoms with Crippen LogP contribution < -0.4 is 19.5 Å². The first-order valence-corrected chi connectivity index (χ1v) is 9.38. The fourth-order valence-electron chi connectivity index (χ4n) is 2.81. The SMILES string of the molecule is COc1ccccc1-c1nc(CCC(=O)Nc2ccc3c(c2)OCO3)cs1. The molecule has 0 unspecified atom stereocenters. The van der Waals surface area contributed by atoms with Gasteiger partial charge in [-0.3, -0.25) is 4.79 Å². The number of benzene rings is 2. The molecule has 138 valence electrons. The molecule has 1 N–H and O–H groups in total. The third kappa shape index (κ3) is 3.88. The van der Waals surface area contributed by atoms with E-state index in [9.17, 15) is 4.79 Å². The molecule has 0 bridgehead atoms. The van der Waals surface area contributed by atoms with Crippen LogP contribution in [0, 0.1) is 0 Å². The van der Waals surface area contributed by atoms with Gasteiger partial charge in [-0.05, 0) is 30.7 Å². The van der Waals surface area contributed by atoms with Gasteiger partial charge in [-0.15, -0.1) is 11.3 Å². The highest BCUT2D eigenvalue weighted by Gasteiger charge is 2.15. The molecular weight excluding hydrogens is 364 g/mol. The largest absolute Gasteiger partial charge is 0.496 e. The summed E-state index contributed by atoms with van der Waals surface area (Å²) in [5.74, 6) is 2.06. The van der Waals surface area contributed by atoms with Gasteiger partial charge >= 0.3 is 0 Å². The molecule has 0 saturated heterocycles. The second-order valence-electron chi connectivity index (χ2n) is 5.96. The predicted octanol–water partition coefficient (Wildman–Crippen LogP) is 4.12. The molecule has 0 saturated carbocycles. The summed E-state index contributed by atoms with van der Waals surface area (Å²) in [4.78, 5) is 16.9. The van der Waals surface area contributed by atoms with Gasteiger partial charge in [-0.2, -0.15) is 0 Å². The maximum absolute atomic E-state index is 12.2. The monoisotopic (exact) mass is 382 g/mol. The lowest BCUT2D eigenvalue weighted by Crippen LogP contribution is -2.12. The summed E-state index contributed by atoms with van der Waals surface area (Å²) >= 11 is 1.55. The smallest absolute Gasteiger partial charge is 0.231 e. The minimum atomic E-state index is -0.0688. The van der Waals surface area contributed by atoms with E-state index < -0.39 is 0 Å². The Balaban J connectivity index is 1.36. The molecule has 0 fully saturated rings. The molecule has 0 aliphatic carbocycles. The van der Waals surface area contributed by atoms with Gasteiger partial charge in [0.2, 0.25) is 12.7 Å². The minimum Gasteiger partial charge on any atom is -0.496 e. The van der Waals surface area contributed by atoms with Gasteiger partial charge in [-0.1, -0.05) is 12.1 Å². The number of nitrogens with zero attached hydrogens (tertiary/aromatic N) is 1. The summed E-state index contributed by atoms with van der Waals surface area (Å²) in [6, 6.07) is 13.1. The normalized spacial score (nSPS) is 12.0. The van der Waals surface area contributed by atoms with Crippen LogP contribution in [0.1, 0.15) is 12.1 Å². The number of rotatable bonds is 6. The van der Waals surface area contributed by atoms with Crippen LogP contribution in [0.3, 0.4) is 0 Å². The zero-order chi connectivity index (χ0) is 18.6. The fraction of sp³-hybridized carbons (Fsp3) is 0.200. The van der Waals surface area contributed by atoms with Gasteiger partial charge < -0.3 is 19.5 Å². The number of nitrogens with one attached hydrogen (secondary N) is 1. The highest BCUT2D eigenvalue weighted by Crippen LogP contribution is 2.34. The Hall–Kier alpha value is -3.06. The van der Waals surface area contributed by atoms with Gasteiger partial charge in [0.1, 0.15) is 10.8 Å². The molecule has 1 amide bonds. The Morgan fingerprint density at radius 1 is 1.22 bits per heavy atom. The van der Waals surface area contributed by atoms with Crippen molar-refractivity contribution in [2.24, 2.45) is 0 Å². The molecule has 6 nitrogen and oxygen atoms in total. The number of carbonyl (C=O) groups excluding carboxylic acids is 1. The number of methoxy groups -OCH3 is 1. The molecule has 27 heavy (non-hydrogen) atoms. The van der Waals surface area contributed by atoms with Gasteiger partial charge in [0.25, 0.3) is 0 Å². The van der Waals surface area contributed by atoms with Crippen molar-refractivity contribution >= 4 is 22.9 Å². The number of amides is 1. The van der Waals surface area contributed by atoms with E-state index in [4.69, 9.17) is 14.2 Å². The maximum Gasteiger partial charge on any atom is 0.231 e. The quantitative estimate of drug-likeness (QED) is 0.694. The number of hydrogen-bond donors (Lipinski definition) is 1. The highest BCUT2D eigenvalue weighted by atomic mass is 32.1. The van der Waals surface area contributed by atoms with Crippen LogP contribution in [0.25, 0.3) is 10.6 Å². The summed E-state index contributed by atoms with van der Waals surface area (Å²) in [5.41, 5.74) is 2.54. The molecule has 0 atom stereocenters. The number of aryl methyl sites for hydroxylation is 1. The van der Waals surface area contributed by atoms with Crippen molar-refractivity contribution in [3.8, 4) is 27.8 Å². The molecule has 4 rings (SSSR count). The molecule has 7 heteroatoms. The highest BCUT2D eigenvalue weighted by molar-refractivity contribution is 7.13. The number of anilines is 1. The summed E-state index contributed by atoms with van der Waals surface area (Å²) in [5, 5.41) is 5.75. The van der Waals surface area contributed by atoms with E-state index in [2.05, 4.69) is 10.3 Å². The van der Waals surface area contributed by atoms with E-state index in [0.717, 1.165) is 22.0 Å². The number of aromatic nitrogens is 1. The first-order chi connectivity index (χ1) is 13.2. The lowest BCUT2D eigenvalue weighted by molar-refractivity contribution is -0.116. The summed E-state index contributed by atoms with van der Waals surface area (Å²) in [6.07, 6.45) is 0.922. The number of fused-ring (bicyclic) bond motifs is 1. The maximum atomic E-state index is 12.2. The average molecular weight is 382 g/mol. The number of carbonyl (C=O) groups is 1. The first kappa shape index (κ1) is 17.4. The van der Waals surface area contributed by atoms with Crippen molar-refractivity contribution in [3.63, 3.8) is 0 Å². The molecule has 0 radical (unpaired) electrons. The lowest BCUT2D eigenvalue weighted by atomic mass is 10.2. The summed E-state index contributed by atoms with van der Waals surface area (Å²) in [6.45, 7) is 0.213. The Bertz CT molecular complexity index is 970. The summed E-state index contributed by atoms with van der Waals surface area (Å²) in [7, 11) is 1.65. The van der Waals surface area contributed by atoms with Crippen molar-refractivity contribution in [1.29, 1.82) is 0 Å². The third-order valence-electron chi connectivity index (χ3n) is 4.15. The molecule has 1 aliphatic heterocycles. The number of ether oxygens (including phenoxy) is 3. The topological polar surface area (TPSA) is 69.7 Å². The van der Waals surface area contributed by atoms with Crippen LogP contribution in [0.2, 0.25) is 0 Å². The van der Waals surface area contributed by atoms with Crippen LogP contribution in [0.4, 0.5) is 5.69 Å². The van der Waals surface area contributed by atoms with Crippen molar-refractivity contribution in [2.45, 2.75) is 12.8 Å². The second-order valence-corrected chi connectivity index (χ2v) is 6.82. The van der Waals surface area contributed by atoms with E-state index in [1.165, 1.54) is 0 Å². The lowest BCUT2D eigenvalue weighted by Gasteiger charge is -2.06. The number of thiazole rings is 1. The minimum absolute atomic E-state index is 0.0688. The number of para-hydroxylation sites is 1. The zero-order valence-electron chi connectivity index (χ0n) is 14.7. The molecule has 0 spiro atoms. The zero-order valence-corrected chi connectivity index (χ0v) is 15.5. The fourth-order valence-corrected chi connectivity index (χ4v) is 3.69. The van der Waals surface area contributed by atoms with Crippen molar-refractivity contribution in [3.05, 3.63) is 53.5 Å². The van der Waals surface area contributed by atoms with Crippen LogP contribution >= 0.6 is 11.3 Å². The van der Waals surface area contributed by atoms with Crippen molar-refractivity contribution in [2.75, 3.05) is 19.2 Å². The standard InChI is InChI=1S/C20H18N2O4S/c1-24-16-5-3-2-4-15(16)20-22-14(11-27-20)7-9-19(23)21-13-6-8-17-18(10-13)26-12-25-17/h2-6,8,10-11H,7,9,12H2,1H3,(H,21,23). The molecule has 3 aromatic rings. The van der Waals surface area contributed by atoms with Crippen LogP contribution in [-0.2, 0) is 11.2 Å². The van der Waals surface area contributed by atoms with E-state index in [-0.39, 0.29) is 12.7 Å². The van der Waals surface area contributed by atoms with E-state index >= 15 is 0 Å². The Kier molecular flexibility index (Phi) is 4.93. The number of hydrogen-bond acceptors (Lipinski definition) is 6. The summed E-state index contributed by atoms with van der Waals surface area (Å²) < 4.78 is 16.0. The van der Waals surface area contributed by atoms with Crippen LogP contribution in [-0.4, -0.2) is 24.8 Å². The third-order valence-corrected chi connectivity index (χ3v) is 5.08. The van der Waals surface area contributed by atoms with Crippen LogP contribution in [0.15, 0.2) is 47.8 Å². The van der Waals surface area contributed by atoms with E-state index in [0.29, 0.717) is 30.0 Å². The molecule has 1 aromatic heterocycles. The van der Waals surface area contributed by atoms with Gasteiger partial charge in [0, 0.05) is 23.6 Å². The Labute approximate surface area is 160 Å². The molecular formula is C20H18N2O4S. The van der Waals surface area contributed by atoms with E-state index in [1.807, 2.05) is 29.6 Å². The van der Waals surface area contributed by atoms with Crippen molar-refractivity contribution < 1.29 is 19.0 Å². The van der Waals surface area contributed by atoms with Gasteiger partial charge in [0.05, 0.1) is 18.4 Å². The van der Waals surface area contributed by atoms with Gasteiger partial charge in [0.15, 0.2) is 11.5 Å².